The molecule has 230 valence electrons. The van der Waals surface area contributed by atoms with E-state index in [1.807, 2.05) is 75.4 Å². The van der Waals surface area contributed by atoms with Gasteiger partial charge in [0.1, 0.15) is 6.04 Å². The van der Waals surface area contributed by atoms with Crippen molar-refractivity contribution in [2.75, 3.05) is 0 Å². The van der Waals surface area contributed by atoms with Crippen molar-refractivity contribution in [1.82, 2.24) is 10.2 Å². The number of hydrogen-bond donors (Lipinski definition) is 1. The molecule has 45 heavy (non-hydrogen) atoms. The molecule has 0 radical (unpaired) electrons. The summed E-state index contributed by atoms with van der Waals surface area (Å²) in [6.07, 6.45) is 0.104. The van der Waals surface area contributed by atoms with Crippen molar-refractivity contribution in [3.63, 3.8) is 0 Å². The van der Waals surface area contributed by atoms with E-state index in [2.05, 4.69) is 5.32 Å². The molecular weight excluding hydrogens is 566 g/mol. The molecule has 4 aromatic carbocycles. The lowest BCUT2D eigenvalue weighted by Crippen LogP contribution is -2.48. The van der Waals surface area contributed by atoms with E-state index in [0.717, 1.165) is 11.1 Å². The normalized spacial score (nSPS) is 19.3. The van der Waals surface area contributed by atoms with Gasteiger partial charge in [0.15, 0.2) is 5.78 Å². The van der Waals surface area contributed by atoms with E-state index >= 15 is 0 Å². The summed E-state index contributed by atoms with van der Waals surface area (Å²) in [6, 6.07) is 29.7. The monoisotopic (exact) mass is 603 g/mol. The highest BCUT2D eigenvalue weighted by Gasteiger charge is 2.58. The van der Waals surface area contributed by atoms with Gasteiger partial charge in [0.25, 0.3) is 5.69 Å². The summed E-state index contributed by atoms with van der Waals surface area (Å²) in [6.45, 7) is 6.01. The molecule has 1 aliphatic heterocycles. The lowest BCUT2D eigenvalue weighted by atomic mass is 9.75. The molecule has 0 saturated carbocycles. The minimum absolute atomic E-state index is 0.0563. The molecule has 0 bridgehead atoms. The summed E-state index contributed by atoms with van der Waals surface area (Å²) in [7, 11) is 0. The van der Waals surface area contributed by atoms with Gasteiger partial charge in [-0.2, -0.15) is 0 Å². The first kappa shape index (κ1) is 31.3. The van der Waals surface area contributed by atoms with E-state index in [4.69, 9.17) is 0 Å². The van der Waals surface area contributed by atoms with Crippen LogP contribution in [0.5, 0.6) is 0 Å². The minimum Gasteiger partial charge on any atom is -0.350 e. The van der Waals surface area contributed by atoms with Crippen molar-refractivity contribution in [2.45, 2.75) is 51.7 Å². The molecule has 1 aliphatic rings. The molecule has 0 aliphatic carbocycles. The van der Waals surface area contributed by atoms with E-state index in [0.29, 0.717) is 11.1 Å². The fourth-order valence-electron chi connectivity index (χ4n) is 6.38. The van der Waals surface area contributed by atoms with E-state index in [-0.39, 0.29) is 41.8 Å². The summed E-state index contributed by atoms with van der Waals surface area (Å²) in [5.74, 6) is -2.87. The van der Waals surface area contributed by atoms with Crippen molar-refractivity contribution in [2.24, 2.45) is 11.8 Å². The molecule has 8 nitrogen and oxygen atoms in total. The maximum Gasteiger partial charge on any atom is 0.274 e. The Labute approximate surface area is 263 Å². The Morgan fingerprint density at radius 1 is 0.844 bits per heavy atom. The zero-order valence-corrected chi connectivity index (χ0v) is 25.6. The number of nitrogens with one attached hydrogen (secondary N) is 1. The highest BCUT2D eigenvalue weighted by molar-refractivity contribution is 6.02. The number of nitro groups is 1. The van der Waals surface area contributed by atoms with Crippen LogP contribution in [0.4, 0.5) is 5.69 Å². The topological polar surface area (TPSA) is 110 Å². The fraction of sp³-hybridized carbons (Fsp3) is 0.270. The zero-order chi connectivity index (χ0) is 32.1. The fourth-order valence-corrected chi connectivity index (χ4v) is 6.38. The predicted octanol–water partition coefficient (Wildman–Crippen LogP) is 6.80. The van der Waals surface area contributed by atoms with Crippen LogP contribution >= 0.6 is 0 Å². The van der Waals surface area contributed by atoms with Crippen LogP contribution in [-0.4, -0.2) is 33.5 Å². The quantitative estimate of drug-likeness (QED) is 0.122. The molecule has 1 fully saturated rings. The molecule has 0 spiro atoms. The molecule has 8 heteroatoms. The number of amides is 2. The Morgan fingerprint density at radius 2 is 1.44 bits per heavy atom. The molecule has 4 aromatic rings. The van der Waals surface area contributed by atoms with Gasteiger partial charge in [-0.1, -0.05) is 123 Å². The minimum atomic E-state index is -1.11. The van der Waals surface area contributed by atoms with Gasteiger partial charge in [0, 0.05) is 30.5 Å². The molecule has 1 N–H and O–H groups in total. The summed E-state index contributed by atoms with van der Waals surface area (Å²) < 4.78 is 0. The van der Waals surface area contributed by atoms with Crippen LogP contribution < -0.4 is 5.32 Å². The Morgan fingerprint density at radius 3 is 2.07 bits per heavy atom. The van der Waals surface area contributed by atoms with Gasteiger partial charge in [-0.25, -0.2) is 0 Å². The van der Waals surface area contributed by atoms with E-state index in [1.165, 1.54) is 11.0 Å². The number of benzene rings is 4. The van der Waals surface area contributed by atoms with Gasteiger partial charge in [0.05, 0.1) is 22.4 Å². The number of aryl methyl sites for hydroxylation is 1. The first-order valence-electron chi connectivity index (χ1n) is 15.2. The Balaban J connectivity index is 1.73. The number of rotatable bonds is 10. The average molecular weight is 604 g/mol. The van der Waals surface area contributed by atoms with Gasteiger partial charge in [0.2, 0.25) is 11.8 Å². The van der Waals surface area contributed by atoms with Crippen molar-refractivity contribution >= 4 is 23.3 Å². The summed E-state index contributed by atoms with van der Waals surface area (Å²) >= 11 is 0. The van der Waals surface area contributed by atoms with Crippen LogP contribution in [0, 0.1) is 28.9 Å². The molecule has 2 amide bonds. The van der Waals surface area contributed by atoms with Crippen LogP contribution in [0.1, 0.15) is 64.8 Å². The van der Waals surface area contributed by atoms with Crippen LogP contribution in [-0.2, 0) is 16.1 Å². The second-order valence-corrected chi connectivity index (χ2v) is 12.0. The average Bonchev–Trinajstić information content (AvgIpc) is 3.41. The van der Waals surface area contributed by atoms with E-state index in [1.54, 1.807) is 48.5 Å². The third kappa shape index (κ3) is 6.70. The molecule has 4 atom stereocenters. The van der Waals surface area contributed by atoms with Crippen molar-refractivity contribution in [3.05, 3.63) is 147 Å². The highest BCUT2D eigenvalue weighted by atomic mass is 16.6. The van der Waals surface area contributed by atoms with Gasteiger partial charge >= 0.3 is 0 Å². The second-order valence-electron chi connectivity index (χ2n) is 12.0. The predicted molar refractivity (Wildman–Crippen MR) is 172 cm³/mol. The smallest absolute Gasteiger partial charge is 0.274 e. The number of hydrogen-bond acceptors (Lipinski definition) is 5. The van der Waals surface area contributed by atoms with Gasteiger partial charge in [-0.05, 0) is 24.0 Å². The van der Waals surface area contributed by atoms with Crippen molar-refractivity contribution in [3.8, 4) is 0 Å². The Bertz CT molecular complexity index is 1670. The van der Waals surface area contributed by atoms with Gasteiger partial charge in [-0.15, -0.1) is 0 Å². The third-order valence-electron chi connectivity index (χ3n) is 8.39. The SMILES string of the molecule is Cc1ccc(CNC(=O)C2C(c3ccccc3)C(C(=O)c3ccccc3)C(c3ccccc3[N+](=O)[O-])N2C(=O)CC(C)C)cc1. The maximum atomic E-state index is 14.6. The maximum absolute atomic E-state index is 14.6. The highest BCUT2D eigenvalue weighted by Crippen LogP contribution is 2.53. The largest absolute Gasteiger partial charge is 0.350 e. The van der Waals surface area contributed by atoms with E-state index < -0.39 is 34.7 Å². The van der Waals surface area contributed by atoms with Crippen LogP contribution in [0.25, 0.3) is 0 Å². The molecule has 5 rings (SSSR count). The molecular formula is C37H37N3O5. The number of carbonyl (C=O) groups is 3. The first-order chi connectivity index (χ1) is 21.7. The summed E-state index contributed by atoms with van der Waals surface area (Å²) in [5, 5.41) is 15.4. The Hall–Kier alpha value is -5.11. The zero-order valence-electron chi connectivity index (χ0n) is 25.6. The van der Waals surface area contributed by atoms with E-state index in [9.17, 15) is 24.5 Å². The number of carbonyl (C=O) groups excluding carboxylic acids is 3. The first-order valence-corrected chi connectivity index (χ1v) is 15.2. The molecule has 0 aromatic heterocycles. The molecule has 1 saturated heterocycles. The summed E-state index contributed by atoms with van der Waals surface area (Å²) in [5.41, 5.74) is 3.10. The lowest BCUT2D eigenvalue weighted by Gasteiger charge is -2.32. The molecule has 1 heterocycles. The van der Waals surface area contributed by atoms with Gasteiger partial charge in [-0.3, -0.25) is 24.5 Å². The number of likely N-dealkylation sites (tertiary alicyclic amines) is 1. The second kappa shape index (κ2) is 13.7. The van der Waals surface area contributed by atoms with Crippen LogP contribution in [0.15, 0.2) is 109 Å². The number of nitro benzene ring substituents is 1. The number of Topliss-reactive ketones (excluding diaryl/α,β-unsaturated/α-hetero) is 1. The third-order valence-corrected chi connectivity index (χ3v) is 8.39. The number of ketones is 1. The van der Waals surface area contributed by atoms with Gasteiger partial charge < -0.3 is 10.2 Å². The standard InChI is InChI=1S/C37H37N3O5/c1-24(2)22-31(41)39-34(29-16-10-11-17-30(29)40(44)45)33(36(42)28-14-8-5-9-15-28)32(27-12-6-4-7-13-27)35(39)37(43)38-23-26-20-18-25(3)19-21-26/h4-21,24,32-35H,22-23H2,1-3H3,(H,38,43). The van der Waals surface area contributed by atoms with Crippen molar-refractivity contribution < 1.29 is 19.3 Å². The number of nitrogens with zero attached hydrogens (tertiary/aromatic N) is 2. The van der Waals surface area contributed by atoms with Crippen LogP contribution in [0.3, 0.4) is 0 Å². The van der Waals surface area contributed by atoms with Crippen LogP contribution in [0.2, 0.25) is 0 Å². The Kier molecular flexibility index (Phi) is 9.52. The molecule has 4 unspecified atom stereocenters. The van der Waals surface area contributed by atoms with Crippen molar-refractivity contribution in [1.29, 1.82) is 0 Å². The summed E-state index contributed by atoms with van der Waals surface area (Å²) in [4.78, 5) is 56.7. The number of para-hydroxylation sites is 1. The lowest BCUT2D eigenvalue weighted by molar-refractivity contribution is -0.386.